The van der Waals surface area contributed by atoms with Crippen LogP contribution in [0.15, 0.2) is 29.6 Å². The van der Waals surface area contributed by atoms with Crippen LogP contribution in [-0.2, 0) is 4.79 Å². The number of amides is 1. The molecule has 0 radical (unpaired) electrons. The fraction of sp³-hybridized carbons (Fsp3) is 0.286. The molecule has 0 spiro atoms. The zero-order valence-corrected chi connectivity index (χ0v) is 11.2. The first-order chi connectivity index (χ1) is 9.20. The lowest BCUT2D eigenvalue weighted by atomic mass is 10.1. The van der Waals surface area contributed by atoms with Crippen molar-refractivity contribution < 1.29 is 4.79 Å². The minimum Gasteiger partial charge on any atom is -0.399 e. The van der Waals surface area contributed by atoms with Crippen LogP contribution in [0.5, 0.6) is 0 Å². The number of hydrogen-bond acceptors (Lipinski definition) is 4. The summed E-state index contributed by atoms with van der Waals surface area (Å²) in [7, 11) is 0. The summed E-state index contributed by atoms with van der Waals surface area (Å²) >= 11 is 1.44. The van der Waals surface area contributed by atoms with Crippen molar-refractivity contribution in [1.82, 2.24) is 4.98 Å². The Labute approximate surface area is 115 Å². The molecule has 4 nitrogen and oxygen atoms in total. The first-order valence-corrected chi connectivity index (χ1v) is 7.20. The number of rotatable bonds is 4. The van der Waals surface area contributed by atoms with Crippen molar-refractivity contribution in [2.24, 2.45) is 5.92 Å². The third-order valence-corrected chi connectivity index (χ3v) is 3.86. The zero-order valence-electron chi connectivity index (χ0n) is 10.4. The van der Waals surface area contributed by atoms with E-state index in [0.29, 0.717) is 23.2 Å². The van der Waals surface area contributed by atoms with E-state index in [9.17, 15) is 4.79 Å². The van der Waals surface area contributed by atoms with Gasteiger partial charge in [0.2, 0.25) is 5.91 Å². The van der Waals surface area contributed by atoms with Crippen LogP contribution in [-0.4, -0.2) is 10.9 Å². The van der Waals surface area contributed by atoms with E-state index in [-0.39, 0.29) is 5.91 Å². The quantitative estimate of drug-likeness (QED) is 0.841. The van der Waals surface area contributed by atoms with Gasteiger partial charge in [0, 0.05) is 23.1 Å². The van der Waals surface area contributed by atoms with E-state index >= 15 is 0 Å². The summed E-state index contributed by atoms with van der Waals surface area (Å²) < 4.78 is 0. The van der Waals surface area contributed by atoms with Crippen molar-refractivity contribution in [2.75, 3.05) is 11.1 Å². The molecule has 1 heterocycles. The van der Waals surface area contributed by atoms with Gasteiger partial charge in [-0.2, -0.15) is 0 Å². The van der Waals surface area contributed by atoms with Gasteiger partial charge < -0.3 is 11.1 Å². The van der Waals surface area contributed by atoms with Gasteiger partial charge in [-0.1, -0.05) is 12.1 Å². The molecule has 3 rings (SSSR count). The third-order valence-electron chi connectivity index (χ3n) is 3.10. The van der Waals surface area contributed by atoms with Gasteiger partial charge in [-0.25, -0.2) is 4.98 Å². The zero-order chi connectivity index (χ0) is 13.2. The summed E-state index contributed by atoms with van der Waals surface area (Å²) in [6.45, 7) is 0. The van der Waals surface area contributed by atoms with Crippen LogP contribution in [0, 0.1) is 5.92 Å². The van der Waals surface area contributed by atoms with Crippen LogP contribution in [0.2, 0.25) is 0 Å². The van der Waals surface area contributed by atoms with Gasteiger partial charge in [-0.15, -0.1) is 11.3 Å². The second-order valence-corrected chi connectivity index (χ2v) is 5.72. The molecule has 19 heavy (non-hydrogen) atoms. The summed E-state index contributed by atoms with van der Waals surface area (Å²) in [4.78, 5) is 16.1. The molecule has 0 saturated heterocycles. The SMILES string of the molecule is Nc1cccc(-c2csc(NC(=O)CC3CC3)n2)c1. The number of nitrogen functional groups attached to an aromatic ring is 1. The van der Waals surface area contributed by atoms with Crippen LogP contribution >= 0.6 is 11.3 Å². The normalized spacial score (nSPS) is 14.3. The van der Waals surface area contributed by atoms with Gasteiger partial charge in [0.25, 0.3) is 0 Å². The molecule has 1 aromatic carbocycles. The number of nitrogens with two attached hydrogens (primary N) is 1. The second kappa shape index (κ2) is 5.01. The van der Waals surface area contributed by atoms with E-state index in [4.69, 9.17) is 5.73 Å². The third kappa shape index (κ3) is 3.12. The molecule has 1 saturated carbocycles. The smallest absolute Gasteiger partial charge is 0.226 e. The first kappa shape index (κ1) is 12.2. The number of thiazole rings is 1. The Bertz CT molecular complexity index is 604. The van der Waals surface area contributed by atoms with Crippen molar-refractivity contribution in [2.45, 2.75) is 19.3 Å². The molecular formula is C14H15N3OS. The Balaban J connectivity index is 1.70. The fourth-order valence-corrected chi connectivity index (χ4v) is 2.65. The van der Waals surface area contributed by atoms with Crippen LogP contribution in [0.25, 0.3) is 11.3 Å². The standard InChI is InChI=1S/C14H15N3OS/c15-11-3-1-2-10(7-11)12-8-19-14(16-12)17-13(18)6-9-4-5-9/h1-3,7-9H,4-6,15H2,(H,16,17,18). The molecule has 0 bridgehead atoms. The molecule has 0 atom stereocenters. The first-order valence-electron chi connectivity index (χ1n) is 6.32. The fourth-order valence-electron chi connectivity index (χ4n) is 1.92. The lowest BCUT2D eigenvalue weighted by Crippen LogP contribution is -2.11. The summed E-state index contributed by atoms with van der Waals surface area (Å²) in [6, 6.07) is 7.58. The summed E-state index contributed by atoms with van der Waals surface area (Å²) in [5.41, 5.74) is 8.28. The predicted molar refractivity (Wildman–Crippen MR) is 77.9 cm³/mol. The molecule has 0 aliphatic heterocycles. The molecule has 2 aromatic rings. The number of nitrogens with one attached hydrogen (secondary N) is 1. The van der Waals surface area contributed by atoms with E-state index in [0.717, 1.165) is 11.3 Å². The van der Waals surface area contributed by atoms with E-state index in [1.165, 1.54) is 24.2 Å². The lowest BCUT2D eigenvalue weighted by Gasteiger charge is -2.00. The van der Waals surface area contributed by atoms with Crippen LogP contribution < -0.4 is 11.1 Å². The summed E-state index contributed by atoms with van der Waals surface area (Å²) in [5.74, 6) is 0.657. The monoisotopic (exact) mass is 273 g/mol. The highest BCUT2D eigenvalue weighted by molar-refractivity contribution is 7.14. The van der Waals surface area contributed by atoms with E-state index < -0.39 is 0 Å². The van der Waals surface area contributed by atoms with Gasteiger partial charge in [0.05, 0.1) is 5.69 Å². The average molecular weight is 273 g/mol. The molecule has 3 N–H and O–H groups in total. The van der Waals surface area contributed by atoms with Crippen LogP contribution in [0.1, 0.15) is 19.3 Å². The van der Waals surface area contributed by atoms with Crippen molar-refractivity contribution in [3.8, 4) is 11.3 Å². The maximum atomic E-state index is 11.7. The van der Waals surface area contributed by atoms with Gasteiger partial charge in [0.1, 0.15) is 0 Å². The number of carbonyl (C=O) groups is 1. The topological polar surface area (TPSA) is 68.0 Å². The Hall–Kier alpha value is -1.88. The predicted octanol–water partition coefficient (Wildman–Crippen LogP) is 3.13. The van der Waals surface area contributed by atoms with Crippen molar-refractivity contribution in [3.63, 3.8) is 0 Å². The average Bonchev–Trinajstić information content (AvgIpc) is 3.05. The number of aromatic nitrogens is 1. The maximum Gasteiger partial charge on any atom is 0.226 e. The van der Waals surface area contributed by atoms with E-state index in [2.05, 4.69) is 10.3 Å². The largest absolute Gasteiger partial charge is 0.399 e. The maximum absolute atomic E-state index is 11.7. The van der Waals surface area contributed by atoms with Gasteiger partial charge >= 0.3 is 0 Å². The Morgan fingerprint density at radius 3 is 3.05 bits per heavy atom. The van der Waals surface area contributed by atoms with Crippen molar-refractivity contribution in [3.05, 3.63) is 29.6 Å². The van der Waals surface area contributed by atoms with E-state index in [1.807, 2.05) is 29.6 Å². The number of nitrogens with zero attached hydrogens (tertiary/aromatic N) is 1. The Kier molecular flexibility index (Phi) is 3.21. The van der Waals surface area contributed by atoms with Gasteiger partial charge in [-0.05, 0) is 30.9 Å². The van der Waals surface area contributed by atoms with Crippen LogP contribution in [0.4, 0.5) is 10.8 Å². The van der Waals surface area contributed by atoms with Crippen LogP contribution in [0.3, 0.4) is 0 Å². The Morgan fingerprint density at radius 2 is 2.32 bits per heavy atom. The van der Waals surface area contributed by atoms with Gasteiger partial charge in [0.15, 0.2) is 5.13 Å². The molecule has 1 aliphatic carbocycles. The highest BCUT2D eigenvalue weighted by atomic mass is 32.1. The molecule has 5 heteroatoms. The number of benzene rings is 1. The second-order valence-electron chi connectivity index (χ2n) is 4.86. The molecule has 1 fully saturated rings. The minimum absolute atomic E-state index is 0.0657. The molecule has 1 amide bonds. The molecule has 1 aliphatic rings. The molecule has 1 aromatic heterocycles. The Morgan fingerprint density at radius 1 is 1.47 bits per heavy atom. The van der Waals surface area contributed by atoms with Crippen molar-refractivity contribution in [1.29, 1.82) is 0 Å². The number of carbonyl (C=O) groups excluding carboxylic acids is 1. The van der Waals surface area contributed by atoms with Gasteiger partial charge in [-0.3, -0.25) is 4.79 Å². The highest BCUT2D eigenvalue weighted by Gasteiger charge is 2.24. The highest BCUT2D eigenvalue weighted by Crippen LogP contribution is 2.33. The number of hydrogen-bond donors (Lipinski definition) is 2. The molecule has 98 valence electrons. The summed E-state index contributed by atoms with van der Waals surface area (Å²) in [6.07, 6.45) is 2.98. The lowest BCUT2D eigenvalue weighted by molar-refractivity contribution is -0.116. The summed E-state index contributed by atoms with van der Waals surface area (Å²) in [5, 5.41) is 5.44. The van der Waals surface area contributed by atoms with E-state index in [1.54, 1.807) is 0 Å². The number of anilines is 2. The minimum atomic E-state index is 0.0657. The molecular weight excluding hydrogens is 258 g/mol. The molecule has 0 unspecified atom stereocenters. The van der Waals surface area contributed by atoms with Crippen molar-refractivity contribution >= 4 is 28.1 Å².